The van der Waals surface area contributed by atoms with Crippen molar-refractivity contribution in [1.82, 2.24) is 10.6 Å². The predicted octanol–water partition coefficient (Wildman–Crippen LogP) is 1.89. The summed E-state index contributed by atoms with van der Waals surface area (Å²) in [6.07, 6.45) is 0. The number of carbonyl (C=O) groups excluding carboxylic acids is 2. The van der Waals surface area contributed by atoms with Gasteiger partial charge in [0, 0.05) is 30.3 Å². The smallest absolute Gasteiger partial charge is 0.264 e. The summed E-state index contributed by atoms with van der Waals surface area (Å²) in [4.78, 5) is 29.8. The summed E-state index contributed by atoms with van der Waals surface area (Å²) in [5.41, 5.74) is 1.56. The summed E-state index contributed by atoms with van der Waals surface area (Å²) in [6.45, 7) is 0.564. The molecule has 2 aromatic rings. The summed E-state index contributed by atoms with van der Waals surface area (Å²) >= 11 is 0. The maximum Gasteiger partial charge on any atom is 0.264 e. The van der Waals surface area contributed by atoms with Crippen molar-refractivity contribution in [3.63, 3.8) is 0 Å². The number of hydrogen-bond acceptors (Lipinski definition) is 7. The average molecular weight is 434 g/mol. The largest absolute Gasteiger partial charge is 0.493 e. The van der Waals surface area contributed by atoms with E-state index in [2.05, 4.69) is 15.6 Å². The second kappa shape index (κ2) is 10.2. The molecule has 0 saturated heterocycles. The number of nitrogens with zero attached hydrogens (tertiary/aromatic N) is 2. The molecule has 9 heteroatoms. The van der Waals surface area contributed by atoms with Crippen LogP contribution in [0.2, 0.25) is 0 Å². The normalized spacial score (nSPS) is 13.4. The minimum Gasteiger partial charge on any atom is -0.493 e. The third-order valence-corrected chi connectivity index (χ3v) is 4.71. The molecule has 2 aromatic carbocycles. The fraction of sp³-hybridized carbons (Fsp3) is 0.217. The molecule has 1 aliphatic rings. The molecule has 2 N–H and O–H groups in total. The SMILES string of the molecule is COCCNC(=O)/C(C#N)=C1\N=C(NC(=O)c2ccc(OC)c(OC)c2)c2ccccc21. The van der Waals surface area contributed by atoms with Crippen LogP contribution in [0.25, 0.3) is 5.70 Å². The van der Waals surface area contributed by atoms with Crippen LogP contribution in [0.1, 0.15) is 21.5 Å². The Morgan fingerprint density at radius 3 is 2.41 bits per heavy atom. The highest BCUT2D eigenvalue weighted by molar-refractivity contribution is 6.20. The highest BCUT2D eigenvalue weighted by atomic mass is 16.5. The molecular weight excluding hydrogens is 412 g/mol. The van der Waals surface area contributed by atoms with Crippen molar-refractivity contribution < 1.29 is 23.8 Å². The van der Waals surface area contributed by atoms with Crippen LogP contribution < -0.4 is 20.1 Å². The summed E-state index contributed by atoms with van der Waals surface area (Å²) in [5, 5.41) is 15.0. The van der Waals surface area contributed by atoms with Gasteiger partial charge in [0.1, 0.15) is 17.5 Å². The van der Waals surface area contributed by atoms with E-state index in [9.17, 15) is 14.9 Å². The van der Waals surface area contributed by atoms with Crippen LogP contribution in [-0.4, -0.2) is 52.1 Å². The molecule has 9 nitrogen and oxygen atoms in total. The van der Waals surface area contributed by atoms with E-state index >= 15 is 0 Å². The Hall–Kier alpha value is -4.16. The number of methoxy groups -OCH3 is 3. The standard InChI is InChI=1S/C23H22N4O5/c1-30-11-10-25-23(29)17(13-24)20-15-6-4-5-7-16(15)21(26-20)27-22(28)14-8-9-18(31-2)19(12-14)32-3/h4-9,12H,10-11H2,1-3H3,(H,25,29)(H,26,27,28)/b20-17-. The van der Waals surface area contributed by atoms with Gasteiger partial charge in [0.15, 0.2) is 11.5 Å². The number of fused-ring (bicyclic) bond motifs is 1. The maximum atomic E-state index is 12.9. The lowest BCUT2D eigenvalue weighted by molar-refractivity contribution is -0.117. The van der Waals surface area contributed by atoms with Gasteiger partial charge in [-0.3, -0.25) is 9.59 Å². The van der Waals surface area contributed by atoms with E-state index in [0.29, 0.717) is 34.8 Å². The number of nitrogens with one attached hydrogen (secondary N) is 2. The third-order valence-electron chi connectivity index (χ3n) is 4.71. The second-order valence-electron chi connectivity index (χ2n) is 6.61. The molecule has 1 aliphatic heterocycles. The van der Waals surface area contributed by atoms with Crippen LogP contribution in [0.5, 0.6) is 11.5 Å². The highest BCUT2D eigenvalue weighted by Gasteiger charge is 2.27. The van der Waals surface area contributed by atoms with E-state index in [1.54, 1.807) is 42.5 Å². The first-order valence-corrected chi connectivity index (χ1v) is 9.67. The molecular formula is C23H22N4O5. The van der Waals surface area contributed by atoms with Crippen LogP contribution >= 0.6 is 0 Å². The molecule has 1 heterocycles. The first kappa shape index (κ1) is 22.5. The van der Waals surface area contributed by atoms with Gasteiger partial charge < -0.3 is 24.8 Å². The van der Waals surface area contributed by atoms with E-state index in [-0.39, 0.29) is 23.7 Å². The van der Waals surface area contributed by atoms with E-state index in [1.807, 2.05) is 6.07 Å². The van der Waals surface area contributed by atoms with E-state index in [1.165, 1.54) is 21.3 Å². The zero-order valence-corrected chi connectivity index (χ0v) is 17.9. The molecule has 0 unspecified atom stereocenters. The average Bonchev–Trinajstić information content (AvgIpc) is 3.17. The molecule has 0 saturated carbocycles. The molecule has 164 valence electrons. The first-order valence-electron chi connectivity index (χ1n) is 9.67. The topological polar surface area (TPSA) is 122 Å². The van der Waals surface area contributed by atoms with Crippen molar-refractivity contribution in [2.45, 2.75) is 0 Å². The highest BCUT2D eigenvalue weighted by Crippen LogP contribution is 2.31. The number of nitriles is 1. The number of amides is 2. The van der Waals surface area contributed by atoms with Gasteiger partial charge in [0.05, 0.1) is 26.5 Å². The summed E-state index contributed by atoms with van der Waals surface area (Å²) < 4.78 is 15.4. The quantitative estimate of drug-likeness (QED) is 0.390. The van der Waals surface area contributed by atoms with Crippen molar-refractivity contribution in [2.75, 3.05) is 34.5 Å². The summed E-state index contributed by atoms with van der Waals surface area (Å²) in [7, 11) is 4.50. The van der Waals surface area contributed by atoms with E-state index in [4.69, 9.17) is 14.2 Å². The number of carbonyl (C=O) groups is 2. The molecule has 0 aliphatic carbocycles. The van der Waals surface area contributed by atoms with Gasteiger partial charge in [-0.1, -0.05) is 24.3 Å². The molecule has 3 rings (SSSR count). The van der Waals surface area contributed by atoms with Gasteiger partial charge in [-0.2, -0.15) is 5.26 Å². The number of hydrogen-bond donors (Lipinski definition) is 2. The Balaban J connectivity index is 1.94. The minimum absolute atomic E-state index is 0.149. The monoisotopic (exact) mass is 434 g/mol. The van der Waals surface area contributed by atoms with Gasteiger partial charge in [-0.15, -0.1) is 0 Å². The minimum atomic E-state index is -0.564. The van der Waals surface area contributed by atoms with Crippen molar-refractivity contribution in [1.29, 1.82) is 5.26 Å². The lowest BCUT2D eigenvalue weighted by Gasteiger charge is -2.10. The van der Waals surface area contributed by atoms with Crippen LogP contribution in [0, 0.1) is 11.3 Å². The predicted molar refractivity (Wildman–Crippen MR) is 117 cm³/mol. The fourth-order valence-electron chi connectivity index (χ4n) is 3.14. The zero-order valence-electron chi connectivity index (χ0n) is 17.9. The Morgan fingerprint density at radius 1 is 1.03 bits per heavy atom. The molecule has 0 atom stereocenters. The first-order chi connectivity index (χ1) is 15.5. The summed E-state index contributed by atoms with van der Waals surface area (Å²) in [5.74, 6) is 0.159. The van der Waals surface area contributed by atoms with Crippen molar-refractivity contribution in [3.05, 3.63) is 64.7 Å². The van der Waals surface area contributed by atoms with Gasteiger partial charge in [-0.05, 0) is 18.2 Å². The number of aliphatic imine (C=N–C) groups is 1. The second-order valence-corrected chi connectivity index (χ2v) is 6.61. The molecule has 0 fully saturated rings. The number of benzene rings is 2. The van der Waals surface area contributed by atoms with Crippen molar-refractivity contribution in [2.24, 2.45) is 4.99 Å². The van der Waals surface area contributed by atoms with Crippen LogP contribution in [0.15, 0.2) is 53.0 Å². The maximum absolute atomic E-state index is 12.9. The lowest BCUT2D eigenvalue weighted by Crippen LogP contribution is -2.30. The molecule has 32 heavy (non-hydrogen) atoms. The van der Waals surface area contributed by atoms with Crippen molar-refractivity contribution >= 4 is 23.3 Å². The summed E-state index contributed by atoms with van der Waals surface area (Å²) in [6, 6.07) is 13.7. The third kappa shape index (κ3) is 4.61. The van der Waals surface area contributed by atoms with E-state index < -0.39 is 11.8 Å². The Bertz CT molecular complexity index is 1150. The van der Waals surface area contributed by atoms with Gasteiger partial charge in [0.25, 0.3) is 11.8 Å². The fourth-order valence-corrected chi connectivity index (χ4v) is 3.14. The van der Waals surface area contributed by atoms with E-state index in [0.717, 1.165) is 0 Å². The Labute approximate surface area is 185 Å². The van der Waals surface area contributed by atoms with Gasteiger partial charge >= 0.3 is 0 Å². The van der Waals surface area contributed by atoms with Crippen molar-refractivity contribution in [3.8, 4) is 17.6 Å². The van der Waals surface area contributed by atoms with Crippen LogP contribution in [-0.2, 0) is 9.53 Å². The molecule has 0 radical (unpaired) electrons. The van der Waals surface area contributed by atoms with Crippen LogP contribution in [0.3, 0.4) is 0 Å². The van der Waals surface area contributed by atoms with Gasteiger partial charge in [-0.25, -0.2) is 4.99 Å². The Kier molecular flexibility index (Phi) is 7.21. The molecule has 0 spiro atoms. The number of ether oxygens (including phenoxy) is 3. The number of amidine groups is 1. The molecule has 2 amide bonds. The Morgan fingerprint density at radius 2 is 1.75 bits per heavy atom. The zero-order chi connectivity index (χ0) is 23.1. The number of rotatable bonds is 7. The molecule has 0 bridgehead atoms. The van der Waals surface area contributed by atoms with Gasteiger partial charge in [0.2, 0.25) is 0 Å². The lowest BCUT2D eigenvalue weighted by atomic mass is 10.0. The molecule has 0 aromatic heterocycles. The van der Waals surface area contributed by atoms with Crippen LogP contribution in [0.4, 0.5) is 0 Å².